The number of rotatable bonds is 13. The van der Waals surface area contributed by atoms with Gasteiger partial charge in [-0.2, -0.15) is 0 Å². The van der Waals surface area contributed by atoms with Crippen LogP contribution in [-0.2, 0) is 19.1 Å². The summed E-state index contributed by atoms with van der Waals surface area (Å²) in [4.78, 5) is 37.5. The fourth-order valence-electron chi connectivity index (χ4n) is 5.06. The molecule has 2 aromatic carbocycles. The number of thiophene rings is 2. The fraction of sp³-hybridized carbons (Fsp3) is 0.406. The Morgan fingerprint density at radius 1 is 0.911 bits per heavy atom. The van der Waals surface area contributed by atoms with Crippen LogP contribution in [-0.4, -0.2) is 52.3 Å². The Balaban J connectivity index is 1.26. The summed E-state index contributed by atoms with van der Waals surface area (Å²) in [6.07, 6.45) is 0.655. The van der Waals surface area contributed by atoms with Gasteiger partial charge in [-0.1, -0.05) is 0 Å². The third-order valence-electron chi connectivity index (χ3n) is 7.42. The van der Waals surface area contributed by atoms with Crippen molar-refractivity contribution < 1.29 is 51.6 Å². The van der Waals surface area contributed by atoms with Crippen molar-refractivity contribution in [3.63, 3.8) is 0 Å². The van der Waals surface area contributed by atoms with Gasteiger partial charge in [-0.25, -0.2) is 8.78 Å². The summed E-state index contributed by atoms with van der Waals surface area (Å²) in [5.74, 6) is -2.20. The standard InChI is InChI=1S/C32H32F2O9S2/c1-32(2,31(37)40-5)15-18(35)24-11-16-22(44-24)13-20(38-3)29(27(16)33)41-9-6-10-42-30-21(39-4)14-23-17(28(30)34)12-25(45-23)19-7-8-26(36)43-19/h11-14,19H,6-10,15H2,1-5H3. The van der Waals surface area contributed by atoms with Crippen LogP contribution in [0.15, 0.2) is 24.3 Å². The van der Waals surface area contributed by atoms with Crippen molar-refractivity contribution in [2.75, 3.05) is 34.5 Å². The number of hydrogen-bond acceptors (Lipinski definition) is 11. The van der Waals surface area contributed by atoms with Crippen LogP contribution in [0.2, 0.25) is 0 Å². The van der Waals surface area contributed by atoms with E-state index in [1.54, 1.807) is 32.0 Å². The van der Waals surface area contributed by atoms with E-state index >= 15 is 8.78 Å². The number of ketones is 1. The van der Waals surface area contributed by atoms with Crippen molar-refractivity contribution in [2.24, 2.45) is 5.41 Å². The number of esters is 2. The zero-order valence-electron chi connectivity index (χ0n) is 25.4. The van der Waals surface area contributed by atoms with E-state index in [0.717, 1.165) is 16.2 Å². The van der Waals surface area contributed by atoms with Crippen molar-refractivity contribution in [1.82, 2.24) is 0 Å². The fourth-order valence-corrected chi connectivity index (χ4v) is 7.23. The first kappa shape index (κ1) is 32.4. The highest BCUT2D eigenvalue weighted by Gasteiger charge is 2.33. The van der Waals surface area contributed by atoms with Gasteiger partial charge >= 0.3 is 11.9 Å². The summed E-state index contributed by atoms with van der Waals surface area (Å²) >= 11 is 2.43. The zero-order valence-corrected chi connectivity index (χ0v) is 27.0. The molecule has 240 valence electrons. The van der Waals surface area contributed by atoms with Crippen LogP contribution in [0.3, 0.4) is 0 Å². The smallest absolute Gasteiger partial charge is 0.311 e. The average Bonchev–Trinajstić information content (AvgIpc) is 3.76. The number of hydrogen-bond donors (Lipinski definition) is 0. The molecule has 4 aromatic rings. The van der Waals surface area contributed by atoms with Gasteiger partial charge in [-0.15, -0.1) is 22.7 Å². The molecule has 0 saturated carbocycles. The van der Waals surface area contributed by atoms with Crippen molar-refractivity contribution in [2.45, 2.75) is 45.6 Å². The molecule has 1 aliphatic heterocycles. The van der Waals surface area contributed by atoms with Gasteiger partial charge in [0, 0.05) is 56.4 Å². The summed E-state index contributed by atoms with van der Waals surface area (Å²) in [5, 5.41) is 0.529. The Morgan fingerprint density at radius 3 is 2.02 bits per heavy atom. The molecule has 1 fully saturated rings. The number of methoxy groups -OCH3 is 3. The second-order valence-corrected chi connectivity index (χ2v) is 13.3. The van der Waals surface area contributed by atoms with E-state index in [9.17, 15) is 14.4 Å². The van der Waals surface area contributed by atoms with Crippen LogP contribution in [0, 0.1) is 17.0 Å². The molecule has 1 unspecified atom stereocenters. The third-order valence-corrected chi connectivity index (χ3v) is 9.72. The lowest BCUT2D eigenvalue weighted by atomic mass is 9.87. The monoisotopic (exact) mass is 662 g/mol. The van der Waals surface area contributed by atoms with Crippen LogP contribution in [0.4, 0.5) is 8.78 Å². The summed E-state index contributed by atoms with van der Waals surface area (Å²) < 4.78 is 64.6. The molecule has 0 bridgehead atoms. The maximum absolute atomic E-state index is 15.6. The molecular formula is C32H32F2O9S2. The maximum atomic E-state index is 15.6. The van der Waals surface area contributed by atoms with E-state index in [1.165, 1.54) is 38.7 Å². The van der Waals surface area contributed by atoms with Crippen molar-refractivity contribution in [3.05, 3.63) is 45.7 Å². The van der Waals surface area contributed by atoms with Gasteiger partial charge in [-0.3, -0.25) is 14.4 Å². The van der Waals surface area contributed by atoms with Gasteiger partial charge in [0.05, 0.1) is 44.8 Å². The summed E-state index contributed by atoms with van der Waals surface area (Å²) in [7, 11) is 4.06. The minimum absolute atomic E-state index is 0.0177. The lowest BCUT2D eigenvalue weighted by Gasteiger charge is -2.19. The van der Waals surface area contributed by atoms with Crippen LogP contribution < -0.4 is 18.9 Å². The van der Waals surface area contributed by atoms with Crippen molar-refractivity contribution in [3.8, 4) is 23.0 Å². The second-order valence-electron chi connectivity index (χ2n) is 11.1. The Bertz CT molecular complexity index is 1780. The quantitative estimate of drug-likeness (QED) is 0.0822. The number of cyclic esters (lactones) is 1. The molecule has 1 saturated heterocycles. The number of fused-ring (bicyclic) bond motifs is 2. The Morgan fingerprint density at radius 2 is 1.49 bits per heavy atom. The number of Topliss-reactive ketones (excluding diaryl/α,β-unsaturated/α-hetero) is 1. The predicted molar refractivity (Wildman–Crippen MR) is 165 cm³/mol. The Labute approximate surface area is 265 Å². The van der Waals surface area contributed by atoms with Crippen LogP contribution in [0.25, 0.3) is 20.2 Å². The predicted octanol–water partition coefficient (Wildman–Crippen LogP) is 7.41. The zero-order chi connectivity index (χ0) is 32.5. The lowest BCUT2D eigenvalue weighted by Crippen LogP contribution is -2.28. The van der Waals surface area contributed by atoms with E-state index in [1.807, 2.05) is 0 Å². The highest BCUT2D eigenvalue weighted by atomic mass is 32.1. The SMILES string of the molecule is COC(=O)C(C)(C)CC(=O)c1cc2c(F)c(OCCCOc3c(OC)cc4sc(C5CCC(=O)O5)cc4c3F)c(OC)cc2s1. The molecule has 5 rings (SSSR count). The maximum Gasteiger partial charge on any atom is 0.311 e. The largest absolute Gasteiger partial charge is 0.493 e. The minimum atomic E-state index is -1.04. The normalized spacial score (nSPS) is 14.9. The van der Waals surface area contributed by atoms with Gasteiger partial charge in [0.1, 0.15) is 6.10 Å². The molecule has 0 amide bonds. The van der Waals surface area contributed by atoms with E-state index in [4.69, 9.17) is 28.4 Å². The Hall–Kier alpha value is -3.97. The first-order valence-electron chi connectivity index (χ1n) is 14.1. The minimum Gasteiger partial charge on any atom is -0.493 e. The second kappa shape index (κ2) is 13.2. The molecule has 2 aromatic heterocycles. The number of halogens is 2. The molecule has 0 radical (unpaired) electrons. The number of ether oxygens (including phenoxy) is 6. The van der Waals surface area contributed by atoms with E-state index in [0.29, 0.717) is 32.5 Å². The lowest BCUT2D eigenvalue weighted by molar-refractivity contribution is -0.150. The van der Waals surface area contributed by atoms with Crippen LogP contribution in [0.5, 0.6) is 23.0 Å². The van der Waals surface area contributed by atoms with E-state index < -0.39 is 29.1 Å². The van der Waals surface area contributed by atoms with Crippen molar-refractivity contribution >= 4 is 60.6 Å². The molecule has 0 N–H and O–H groups in total. The van der Waals surface area contributed by atoms with Gasteiger partial charge in [0.15, 0.2) is 40.4 Å². The third kappa shape index (κ3) is 6.55. The molecular weight excluding hydrogens is 630 g/mol. The molecule has 0 aliphatic carbocycles. The summed E-state index contributed by atoms with van der Waals surface area (Å²) in [6, 6.07) is 6.38. The number of benzene rings is 2. The molecule has 0 spiro atoms. The molecule has 3 heterocycles. The highest BCUT2D eigenvalue weighted by Crippen LogP contribution is 2.44. The van der Waals surface area contributed by atoms with Gasteiger partial charge < -0.3 is 28.4 Å². The Kier molecular flexibility index (Phi) is 9.49. The van der Waals surface area contributed by atoms with Gasteiger partial charge in [0.2, 0.25) is 0 Å². The molecule has 1 aliphatic rings. The van der Waals surface area contributed by atoms with E-state index in [-0.39, 0.29) is 66.2 Å². The molecule has 45 heavy (non-hydrogen) atoms. The summed E-state index contributed by atoms with van der Waals surface area (Å²) in [6.45, 7) is 3.28. The summed E-state index contributed by atoms with van der Waals surface area (Å²) in [5.41, 5.74) is -1.04. The average molecular weight is 663 g/mol. The van der Waals surface area contributed by atoms with E-state index in [2.05, 4.69) is 0 Å². The highest BCUT2D eigenvalue weighted by molar-refractivity contribution is 7.21. The first-order valence-corrected chi connectivity index (χ1v) is 15.8. The van der Waals surface area contributed by atoms with Crippen LogP contribution >= 0.6 is 22.7 Å². The van der Waals surface area contributed by atoms with Gasteiger partial charge in [0.25, 0.3) is 0 Å². The van der Waals surface area contributed by atoms with Crippen molar-refractivity contribution in [1.29, 1.82) is 0 Å². The number of carbonyl (C=O) groups excluding carboxylic acids is 3. The first-order chi connectivity index (χ1) is 21.5. The molecule has 1 atom stereocenters. The van der Waals surface area contributed by atoms with Gasteiger partial charge in [-0.05, 0) is 32.4 Å². The van der Waals surface area contributed by atoms with Crippen LogP contribution in [0.1, 0.15) is 60.2 Å². The topological polar surface area (TPSA) is 107 Å². The number of carbonyl (C=O) groups is 3. The molecule has 9 nitrogen and oxygen atoms in total. The molecule has 13 heteroatoms.